The van der Waals surface area contributed by atoms with Gasteiger partial charge in [0.15, 0.2) is 0 Å². The van der Waals surface area contributed by atoms with E-state index in [1.54, 1.807) is 11.8 Å². The van der Waals surface area contributed by atoms with Crippen LogP contribution in [0.3, 0.4) is 0 Å². The van der Waals surface area contributed by atoms with Gasteiger partial charge >= 0.3 is 0 Å². The molecule has 0 amide bonds. The molecule has 1 aromatic rings. The van der Waals surface area contributed by atoms with Crippen LogP contribution in [0, 0.1) is 6.92 Å². The summed E-state index contributed by atoms with van der Waals surface area (Å²) in [5, 5.41) is 0. The molecule has 0 aliphatic heterocycles. The van der Waals surface area contributed by atoms with Crippen molar-refractivity contribution in [3.63, 3.8) is 0 Å². The Kier molecular flexibility index (Phi) is 4.42. The van der Waals surface area contributed by atoms with Crippen LogP contribution >= 0.6 is 24.0 Å². The Bertz CT molecular complexity index is 304. The van der Waals surface area contributed by atoms with Crippen LogP contribution < -0.4 is 0 Å². The predicted octanol–water partition coefficient (Wildman–Crippen LogP) is 2.95. The lowest BCUT2D eigenvalue weighted by molar-refractivity contribution is 0.648. The van der Waals surface area contributed by atoms with Crippen molar-refractivity contribution in [1.29, 1.82) is 0 Å². The maximum Gasteiger partial charge on any atom is 0.136 e. The van der Waals surface area contributed by atoms with Crippen molar-refractivity contribution in [3.8, 4) is 0 Å². The fraction of sp³-hybridized carbons (Fsp3) is 0.273. The van der Waals surface area contributed by atoms with Crippen LogP contribution in [-0.2, 0) is 5.75 Å². The molecule has 0 atom stereocenters. The van der Waals surface area contributed by atoms with Gasteiger partial charge in [-0.05, 0) is 18.1 Å². The lowest BCUT2D eigenvalue weighted by Crippen LogP contribution is -2.16. The monoisotopic (exact) mass is 224 g/mol. The van der Waals surface area contributed by atoms with Crippen molar-refractivity contribution in [2.24, 2.45) is 0 Å². The Morgan fingerprint density at radius 1 is 1.36 bits per heavy atom. The van der Waals surface area contributed by atoms with Crippen molar-refractivity contribution in [2.75, 3.05) is 14.1 Å². The van der Waals surface area contributed by atoms with Gasteiger partial charge in [0.1, 0.15) is 4.32 Å². The van der Waals surface area contributed by atoms with Crippen LogP contribution in [0.1, 0.15) is 11.1 Å². The summed E-state index contributed by atoms with van der Waals surface area (Å²) in [6.07, 6.45) is 0. The number of rotatable bonds is 2. The number of nitrogens with zero attached hydrogens (tertiary/aromatic N) is 1. The van der Waals surface area contributed by atoms with Gasteiger partial charge in [-0.15, -0.1) is 0 Å². The van der Waals surface area contributed by atoms with E-state index in [1.165, 1.54) is 5.56 Å². The fourth-order valence-electron chi connectivity index (χ4n) is 0.910. The molecule has 0 aliphatic carbocycles. The highest BCUT2D eigenvalue weighted by Crippen LogP contribution is 2.15. The molecule has 1 nitrogen and oxygen atoms in total. The maximum atomic E-state index is 5.18. The summed E-state index contributed by atoms with van der Waals surface area (Å²) in [5.41, 5.74) is 2.33. The van der Waals surface area contributed by atoms with Gasteiger partial charge in [-0.1, -0.05) is 48.2 Å². The molecule has 1 aromatic carbocycles. The highest BCUT2D eigenvalue weighted by Gasteiger charge is 2.00. The third-order valence-corrected chi connectivity index (χ3v) is 3.56. The Labute approximate surface area is 95.5 Å². The average molecular weight is 224 g/mol. The number of benzene rings is 1. The Morgan fingerprint density at radius 3 is 2.43 bits per heavy atom. The predicted molar refractivity (Wildman–Crippen MR) is 68.5 cm³/mol. The Hall–Kier alpha value is -0.540. The van der Waals surface area contributed by atoms with Gasteiger partial charge in [0.2, 0.25) is 0 Å². The second-order valence-electron chi connectivity index (χ2n) is 3.27. The zero-order chi connectivity index (χ0) is 10.6. The van der Waals surface area contributed by atoms with Crippen molar-refractivity contribution in [3.05, 3.63) is 42.3 Å². The zero-order valence-electron chi connectivity index (χ0n) is 8.49. The van der Waals surface area contributed by atoms with Crippen LogP contribution in [0.2, 0.25) is 0 Å². The second-order valence-corrected chi connectivity index (χ2v) is 4.87. The molecule has 75 valence electrons. The average Bonchev–Trinajstić information content (AvgIpc) is 2.16. The summed E-state index contributed by atoms with van der Waals surface area (Å²) in [6, 6.07) is 8.23. The molecule has 0 heterocycles. The highest BCUT2D eigenvalue weighted by molar-refractivity contribution is 8.22. The Balaban J connectivity index is 2.46. The number of hydrogen-bond donors (Lipinski definition) is 0. The molecule has 0 N–H and O–H groups in total. The van der Waals surface area contributed by atoms with E-state index in [1.807, 2.05) is 31.1 Å². The van der Waals surface area contributed by atoms with E-state index in [9.17, 15) is 0 Å². The minimum atomic E-state index is 0.920. The highest BCUT2D eigenvalue weighted by atomic mass is 32.2. The van der Waals surface area contributed by atoms with Crippen LogP contribution in [-0.4, -0.2) is 23.3 Å². The first-order valence-corrected chi connectivity index (χ1v) is 5.74. The summed E-state index contributed by atoms with van der Waals surface area (Å²) in [6.45, 7) is 3.84. The molecule has 0 bridgehead atoms. The van der Waals surface area contributed by atoms with Crippen LogP contribution in [0.25, 0.3) is 0 Å². The SMILES string of the molecule is [CH2]c1ccc(CSC(=S)N(C)C)cc1. The van der Waals surface area contributed by atoms with Gasteiger partial charge in [0, 0.05) is 19.8 Å². The molecule has 0 unspecified atom stereocenters. The summed E-state index contributed by atoms with van der Waals surface area (Å²) < 4.78 is 0.920. The molecular weight excluding hydrogens is 210 g/mol. The lowest BCUT2D eigenvalue weighted by Gasteiger charge is -2.12. The zero-order valence-corrected chi connectivity index (χ0v) is 10.1. The van der Waals surface area contributed by atoms with Gasteiger partial charge in [-0.2, -0.15) is 0 Å². The normalized spacial score (nSPS) is 9.93. The largest absolute Gasteiger partial charge is 0.364 e. The molecule has 0 saturated carbocycles. The molecule has 14 heavy (non-hydrogen) atoms. The minimum absolute atomic E-state index is 0.920. The topological polar surface area (TPSA) is 3.24 Å². The van der Waals surface area contributed by atoms with Crippen molar-refractivity contribution < 1.29 is 0 Å². The number of thioether (sulfide) groups is 1. The van der Waals surface area contributed by atoms with Crippen LogP contribution in [0.15, 0.2) is 24.3 Å². The molecule has 0 saturated heterocycles. The molecule has 1 radical (unpaired) electrons. The minimum Gasteiger partial charge on any atom is -0.364 e. The second kappa shape index (κ2) is 5.37. The standard InChI is InChI=1S/C11H14NS2/c1-9-4-6-10(7-5-9)8-14-11(13)12(2)3/h4-7H,1,8H2,2-3H3. The number of hydrogen-bond acceptors (Lipinski definition) is 2. The molecule has 0 spiro atoms. The van der Waals surface area contributed by atoms with Crippen LogP contribution in [0.5, 0.6) is 0 Å². The molecular formula is C11H14NS2. The molecule has 0 fully saturated rings. The van der Waals surface area contributed by atoms with E-state index in [2.05, 4.69) is 19.1 Å². The summed E-state index contributed by atoms with van der Waals surface area (Å²) in [7, 11) is 3.93. The molecule has 1 rings (SSSR count). The van der Waals surface area contributed by atoms with Gasteiger partial charge in [0.25, 0.3) is 0 Å². The van der Waals surface area contributed by atoms with E-state index in [4.69, 9.17) is 12.2 Å². The van der Waals surface area contributed by atoms with E-state index in [0.29, 0.717) is 0 Å². The van der Waals surface area contributed by atoms with Gasteiger partial charge < -0.3 is 4.90 Å². The first-order chi connectivity index (χ1) is 6.59. The van der Waals surface area contributed by atoms with E-state index in [-0.39, 0.29) is 0 Å². The third-order valence-electron chi connectivity index (χ3n) is 1.75. The maximum absolute atomic E-state index is 5.18. The smallest absolute Gasteiger partial charge is 0.136 e. The molecule has 0 aromatic heterocycles. The fourth-order valence-corrected chi connectivity index (χ4v) is 1.83. The first-order valence-electron chi connectivity index (χ1n) is 4.34. The summed E-state index contributed by atoms with van der Waals surface area (Å²) in [5.74, 6) is 0.928. The van der Waals surface area contributed by atoms with E-state index < -0.39 is 0 Å². The van der Waals surface area contributed by atoms with Crippen molar-refractivity contribution >= 4 is 28.3 Å². The summed E-state index contributed by atoms with van der Waals surface area (Å²) in [4.78, 5) is 1.95. The number of thiocarbonyl (C=S) groups is 1. The van der Waals surface area contributed by atoms with Gasteiger partial charge in [-0.3, -0.25) is 0 Å². The Morgan fingerprint density at radius 2 is 1.93 bits per heavy atom. The van der Waals surface area contributed by atoms with Crippen LogP contribution in [0.4, 0.5) is 0 Å². The molecule has 3 heteroatoms. The third kappa shape index (κ3) is 3.68. The molecule has 0 aliphatic rings. The first kappa shape index (κ1) is 11.5. The summed E-state index contributed by atoms with van der Waals surface area (Å²) >= 11 is 6.86. The van der Waals surface area contributed by atoms with Gasteiger partial charge in [0.05, 0.1) is 0 Å². The van der Waals surface area contributed by atoms with Crippen molar-refractivity contribution in [2.45, 2.75) is 5.75 Å². The van der Waals surface area contributed by atoms with E-state index in [0.717, 1.165) is 15.6 Å². The lowest BCUT2D eigenvalue weighted by atomic mass is 10.2. The quantitative estimate of drug-likeness (QED) is 0.711. The van der Waals surface area contributed by atoms with Gasteiger partial charge in [-0.25, -0.2) is 0 Å². The van der Waals surface area contributed by atoms with E-state index >= 15 is 0 Å². The van der Waals surface area contributed by atoms with Crippen molar-refractivity contribution in [1.82, 2.24) is 4.90 Å².